The molecular weight excluding hydrogens is 324 g/mol. The van der Waals surface area contributed by atoms with E-state index in [0.717, 1.165) is 24.9 Å². The largest absolute Gasteiger partial charge is 0.355 e. The summed E-state index contributed by atoms with van der Waals surface area (Å²) in [7, 11) is 0. The molecule has 5 heteroatoms. The van der Waals surface area contributed by atoms with Gasteiger partial charge in [0.05, 0.1) is 18.2 Å². The van der Waals surface area contributed by atoms with Crippen molar-refractivity contribution in [1.29, 1.82) is 10.5 Å². The van der Waals surface area contributed by atoms with Gasteiger partial charge in [-0.1, -0.05) is 42.5 Å². The third kappa shape index (κ3) is 1.84. The standard InChI is InChI=1S/C21H22N4O/c1-2-24-19(26)21-16-9-6-10-17(21)20(13-22,14-23)18(25(21)12-11-16)15-7-4-3-5-8-15/h3-8,10,16-18H,2,9,11-12H2,1H3,(H,24,26)/t16-,17+,18+,21+/m0/s1. The number of rotatable bonds is 3. The molecule has 5 nitrogen and oxygen atoms in total. The number of carbonyl (C=O) groups excluding carboxylic acids is 1. The van der Waals surface area contributed by atoms with Crippen molar-refractivity contribution in [1.82, 2.24) is 10.2 Å². The summed E-state index contributed by atoms with van der Waals surface area (Å²) < 4.78 is 0. The Bertz CT molecular complexity index is 820. The quantitative estimate of drug-likeness (QED) is 0.853. The van der Waals surface area contributed by atoms with Crippen molar-refractivity contribution in [3.05, 3.63) is 48.0 Å². The number of carbonyl (C=O) groups is 1. The Morgan fingerprint density at radius 2 is 2.04 bits per heavy atom. The highest BCUT2D eigenvalue weighted by Gasteiger charge is 2.74. The number of likely N-dealkylation sites (N-methyl/N-ethyl adjacent to an activating group) is 1. The lowest BCUT2D eigenvalue weighted by Crippen LogP contribution is -2.60. The van der Waals surface area contributed by atoms with Crippen LogP contribution >= 0.6 is 0 Å². The topological polar surface area (TPSA) is 79.9 Å². The molecule has 2 aliphatic heterocycles. The Labute approximate surface area is 153 Å². The average Bonchev–Trinajstić information content (AvgIpc) is 3.19. The first-order valence-corrected chi connectivity index (χ1v) is 9.26. The average molecular weight is 346 g/mol. The SMILES string of the molecule is CCNC(=O)[C@@]12[C@H]3CC=C[C@@H]1C(C#N)(C#N)[C@@H](c1ccccc1)N2CC3. The highest BCUT2D eigenvalue weighted by Crippen LogP contribution is 2.65. The minimum absolute atomic E-state index is 0.0369. The summed E-state index contributed by atoms with van der Waals surface area (Å²) in [6.45, 7) is 3.18. The monoisotopic (exact) mass is 346 g/mol. The zero-order valence-electron chi connectivity index (χ0n) is 14.9. The number of benzene rings is 1. The van der Waals surface area contributed by atoms with Crippen molar-refractivity contribution in [3.63, 3.8) is 0 Å². The number of allylic oxidation sites excluding steroid dienone is 1. The van der Waals surface area contributed by atoms with Crippen molar-refractivity contribution >= 4 is 5.91 Å². The van der Waals surface area contributed by atoms with Gasteiger partial charge >= 0.3 is 0 Å². The maximum Gasteiger partial charge on any atom is 0.241 e. The van der Waals surface area contributed by atoms with E-state index >= 15 is 0 Å². The number of hydrogen-bond acceptors (Lipinski definition) is 4. The second kappa shape index (κ2) is 5.97. The summed E-state index contributed by atoms with van der Waals surface area (Å²) >= 11 is 0. The molecule has 26 heavy (non-hydrogen) atoms. The highest BCUT2D eigenvalue weighted by molar-refractivity contribution is 5.89. The Balaban J connectivity index is 1.98. The van der Waals surface area contributed by atoms with Crippen molar-refractivity contribution in [2.45, 2.75) is 31.3 Å². The fourth-order valence-corrected chi connectivity index (χ4v) is 5.57. The minimum atomic E-state index is -1.28. The Morgan fingerprint density at radius 3 is 2.69 bits per heavy atom. The number of amides is 1. The number of nitriles is 2. The van der Waals surface area contributed by atoms with Gasteiger partial charge in [-0.2, -0.15) is 10.5 Å². The van der Waals surface area contributed by atoms with E-state index in [-0.39, 0.29) is 11.8 Å². The number of nitrogens with zero attached hydrogens (tertiary/aromatic N) is 3. The van der Waals surface area contributed by atoms with Crippen LogP contribution in [0.2, 0.25) is 0 Å². The first-order valence-electron chi connectivity index (χ1n) is 9.26. The molecule has 0 aromatic heterocycles. The van der Waals surface area contributed by atoms with E-state index in [9.17, 15) is 15.3 Å². The van der Waals surface area contributed by atoms with Gasteiger partial charge in [-0.15, -0.1) is 0 Å². The van der Waals surface area contributed by atoms with E-state index in [2.05, 4.69) is 28.4 Å². The van der Waals surface area contributed by atoms with Crippen molar-refractivity contribution in [2.75, 3.05) is 13.1 Å². The van der Waals surface area contributed by atoms with E-state index in [1.54, 1.807) is 0 Å². The van der Waals surface area contributed by atoms with Crippen molar-refractivity contribution in [3.8, 4) is 12.1 Å². The third-order valence-corrected chi connectivity index (χ3v) is 6.46. The first kappa shape index (κ1) is 16.8. The first-order chi connectivity index (χ1) is 12.7. The molecular formula is C21H22N4O. The van der Waals surface area contributed by atoms with Crippen LogP contribution in [0.25, 0.3) is 0 Å². The summed E-state index contributed by atoms with van der Waals surface area (Å²) in [5.41, 5.74) is -1.15. The molecule has 0 radical (unpaired) electrons. The van der Waals surface area contributed by atoms with Crippen LogP contribution in [0.15, 0.2) is 42.5 Å². The molecule has 2 saturated heterocycles. The molecule has 1 aromatic rings. The zero-order chi connectivity index (χ0) is 18.4. The van der Waals surface area contributed by atoms with Gasteiger partial charge in [-0.05, 0) is 31.2 Å². The Hall–Kier alpha value is -2.63. The molecule has 1 N–H and O–H groups in total. The summed E-state index contributed by atoms with van der Waals surface area (Å²) in [6, 6.07) is 14.0. The lowest BCUT2D eigenvalue weighted by atomic mass is 9.61. The molecule has 2 fully saturated rings. The van der Waals surface area contributed by atoms with Gasteiger partial charge in [0.25, 0.3) is 0 Å². The second-order valence-corrected chi connectivity index (χ2v) is 7.41. The smallest absolute Gasteiger partial charge is 0.241 e. The lowest BCUT2D eigenvalue weighted by molar-refractivity contribution is -0.135. The highest BCUT2D eigenvalue weighted by atomic mass is 16.2. The summed E-state index contributed by atoms with van der Waals surface area (Å²) in [5.74, 6) is -0.327. The van der Waals surface area contributed by atoms with Gasteiger partial charge in [0.15, 0.2) is 5.41 Å². The third-order valence-electron chi connectivity index (χ3n) is 6.46. The van der Waals surface area contributed by atoms with Gasteiger partial charge in [0.2, 0.25) is 5.91 Å². The Morgan fingerprint density at radius 1 is 1.31 bits per heavy atom. The van der Waals surface area contributed by atoms with Crippen LogP contribution in [0.4, 0.5) is 0 Å². The van der Waals surface area contributed by atoms with Crippen LogP contribution in [0, 0.1) is 39.9 Å². The van der Waals surface area contributed by atoms with Gasteiger partial charge in [0, 0.05) is 19.0 Å². The minimum Gasteiger partial charge on any atom is -0.355 e. The molecule has 4 rings (SSSR count). The number of nitrogens with one attached hydrogen (secondary N) is 1. The molecule has 0 saturated carbocycles. The molecule has 1 aliphatic carbocycles. The molecule has 0 bridgehead atoms. The van der Waals surface area contributed by atoms with Crippen LogP contribution < -0.4 is 5.32 Å². The molecule has 0 unspecified atom stereocenters. The molecule has 3 aliphatic rings. The van der Waals surface area contributed by atoms with Gasteiger partial charge in [-0.3, -0.25) is 9.69 Å². The fourth-order valence-electron chi connectivity index (χ4n) is 5.57. The van der Waals surface area contributed by atoms with E-state index in [1.807, 2.05) is 43.3 Å². The van der Waals surface area contributed by atoms with E-state index in [1.165, 1.54) is 0 Å². The summed E-state index contributed by atoms with van der Waals surface area (Å²) in [6.07, 6.45) is 5.75. The van der Waals surface area contributed by atoms with Crippen molar-refractivity contribution < 1.29 is 4.79 Å². The van der Waals surface area contributed by atoms with Crippen LogP contribution in [0.5, 0.6) is 0 Å². The van der Waals surface area contributed by atoms with Gasteiger partial charge < -0.3 is 5.32 Å². The van der Waals surface area contributed by atoms with E-state index < -0.39 is 22.9 Å². The van der Waals surface area contributed by atoms with E-state index in [4.69, 9.17) is 0 Å². The summed E-state index contributed by atoms with van der Waals surface area (Å²) in [4.78, 5) is 15.5. The normalized spacial score (nSPS) is 33.9. The Kier molecular flexibility index (Phi) is 3.86. The fraction of sp³-hybridized carbons (Fsp3) is 0.476. The molecule has 2 heterocycles. The second-order valence-electron chi connectivity index (χ2n) is 7.41. The van der Waals surface area contributed by atoms with Gasteiger partial charge in [-0.25, -0.2) is 0 Å². The molecule has 4 atom stereocenters. The van der Waals surface area contributed by atoms with Crippen LogP contribution in [-0.4, -0.2) is 29.4 Å². The summed E-state index contributed by atoms with van der Waals surface area (Å²) in [5, 5.41) is 23.4. The molecule has 0 spiro atoms. The van der Waals surface area contributed by atoms with Gasteiger partial charge in [0.1, 0.15) is 5.54 Å². The van der Waals surface area contributed by atoms with Crippen molar-refractivity contribution in [2.24, 2.45) is 17.3 Å². The zero-order valence-corrected chi connectivity index (χ0v) is 14.9. The van der Waals surface area contributed by atoms with E-state index in [0.29, 0.717) is 6.54 Å². The predicted molar refractivity (Wildman–Crippen MR) is 96.3 cm³/mol. The maximum atomic E-state index is 13.4. The molecule has 1 aromatic carbocycles. The lowest BCUT2D eigenvalue weighted by Gasteiger charge is -2.42. The van der Waals surface area contributed by atoms with Crippen LogP contribution in [0.1, 0.15) is 31.4 Å². The van der Waals surface area contributed by atoms with Crippen LogP contribution in [-0.2, 0) is 4.79 Å². The number of hydrogen-bond donors (Lipinski definition) is 1. The molecule has 132 valence electrons. The maximum absolute atomic E-state index is 13.4. The molecule has 1 amide bonds. The predicted octanol–water partition coefficient (Wildman–Crippen LogP) is 2.55. The van der Waals surface area contributed by atoms with Crippen LogP contribution in [0.3, 0.4) is 0 Å².